The predicted octanol–water partition coefficient (Wildman–Crippen LogP) is 0.540. The van der Waals surface area contributed by atoms with Gasteiger partial charge in [0.1, 0.15) is 17.0 Å². The lowest BCUT2D eigenvalue weighted by Crippen LogP contribution is -2.39. The Morgan fingerprint density at radius 2 is 2.30 bits per heavy atom. The maximum Gasteiger partial charge on any atom is 0.205 e. The van der Waals surface area contributed by atoms with Crippen molar-refractivity contribution in [3.05, 3.63) is 22.9 Å². The van der Waals surface area contributed by atoms with Crippen LogP contribution in [0.1, 0.15) is 17.8 Å². The van der Waals surface area contributed by atoms with Crippen LogP contribution in [-0.2, 0) is 11.8 Å². The molecule has 106 valence electrons. The topological polar surface area (TPSA) is 81.9 Å². The molecule has 0 saturated carbocycles. The average Bonchev–Trinajstić information content (AvgIpc) is 2.88. The van der Waals surface area contributed by atoms with Crippen molar-refractivity contribution in [3.8, 4) is 0 Å². The number of rotatable bonds is 2. The Hall–Kier alpha value is -1.80. The summed E-state index contributed by atoms with van der Waals surface area (Å²) in [6, 6.07) is 0. The smallest absolute Gasteiger partial charge is 0.205 e. The van der Waals surface area contributed by atoms with Crippen molar-refractivity contribution >= 4 is 17.4 Å². The van der Waals surface area contributed by atoms with Gasteiger partial charge in [-0.05, 0) is 12.1 Å². The molecule has 1 aliphatic heterocycles. The van der Waals surface area contributed by atoms with Gasteiger partial charge in [0, 0.05) is 6.54 Å². The van der Waals surface area contributed by atoms with E-state index in [1.54, 1.807) is 13.2 Å². The standard InChI is InChI=1S/C11H14ClN7O/c1-7-13-5-8(12)11(14-7)19-3-4-20-9(6-19)10-15-17-18(2)16-10/h5,9H,3-4,6H2,1-2H3. The molecule has 1 fully saturated rings. The second-order valence-corrected chi connectivity index (χ2v) is 4.94. The molecular weight excluding hydrogens is 282 g/mol. The Kier molecular flexibility index (Phi) is 3.49. The summed E-state index contributed by atoms with van der Waals surface area (Å²) in [6.45, 7) is 3.69. The fraction of sp³-hybridized carbons (Fsp3) is 0.545. The number of tetrazole rings is 1. The number of aryl methyl sites for hydroxylation is 2. The van der Waals surface area contributed by atoms with Gasteiger partial charge >= 0.3 is 0 Å². The van der Waals surface area contributed by atoms with Gasteiger partial charge in [0.25, 0.3) is 0 Å². The van der Waals surface area contributed by atoms with Crippen LogP contribution in [0.5, 0.6) is 0 Å². The molecular formula is C11H14ClN7O. The summed E-state index contributed by atoms with van der Waals surface area (Å²) in [5.74, 6) is 1.97. The van der Waals surface area contributed by atoms with E-state index in [4.69, 9.17) is 16.3 Å². The van der Waals surface area contributed by atoms with Gasteiger partial charge in [-0.2, -0.15) is 4.80 Å². The molecule has 9 heteroatoms. The summed E-state index contributed by atoms with van der Waals surface area (Å²) in [4.78, 5) is 11.9. The molecule has 0 amide bonds. The minimum Gasteiger partial charge on any atom is -0.366 e. The molecule has 0 aliphatic carbocycles. The number of anilines is 1. The second-order valence-electron chi connectivity index (χ2n) is 4.53. The monoisotopic (exact) mass is 295 g/mol. The van der Waals surface area contributed by atoms with Gasteiger partial charge < -0.3 is 9.64 Å². The Bertz CT molecular complexity index is 617. The molecule has 0 radical (unpaired) electrons. The molecule has 1 saturated heterocycles. The van der Waals surface area contributed by atoms with Crippen molar-refractivity contribution in [3.63, 3.8) is 0 Å². The maximum atomic E-state index is 6.17. The van der Waals surface area contributed by atoms with Gasteiger partial charge in [0.15, 0.2) is 5.82 Å². The highest BCUT2D eigenvalue weighted by Crippen LogP contribution is 2.27. The van der Waals surface area contributed by atoms with E-state index in [2.05, 4.69) is 30.3 Å². The fourth-order valence-corrected chi connectivity index (χ4v) is 2.30. The lowest BCUT2D eigenvalue weighted by molar-refractivity contribution is 0.0336. The quantitative estimate of drug-likeness (QED) is 0.799. The number of hydrogen-bond donors (Lipinski definition) is 0. The van der Waals surface area contributed by atoms with Crippen LogP contribution in [0.15, 0.2) is 6.20 Å². The summed E-state index contributed by atoms with van der Waals surface area (Å²) >= 11 is 6.17. The Labute approximate surface area is 120 Å². The second kappa shape index (κ2) is 5.29. The zero-order chi connectivity index (χ0) is 14.1. The van der Waals surface area contributed by atoms with Crippen molar-refractivity contribution < 1.29 is 4.74 Å². The van der Waals surface area contributed by atoms with Gasteiger partial charge in [0.05, 0.1) is 26.4 Å². The zero-order valence-corrected chi connectivity index (χ0v) is 11.9. The summed E-state index contributed by atoms with van der Waals surface area (Å²) in [7, 11) is 1.72. The SMILES string of the molecule is Cc1ncc(Cl)c(N2CCOC(c3nnn(C)n3)C2)n1. The molecule has 0 N–H and O–H groups in total. The summed E-state index contributed by atoms with van der Waals surface area (Å²) < 4.78 is 5.69. The molecule has 8 nitrogen and oxygen atoms in total. The first-order valence-corrected chi connectivity index (χ1v) is 6.61. The molecule has 0 bridgehead atoms. The van der Waals surface area contributed by atoms with Gasteiger partial charge in [-0.3, -0.25) is 0 Å². The minimum absolute atomic E-state index is 0.233. The molecule has 1 atom stereocenters. The average molecular weight is 296 g/mol. The molecule has 1 aliphatic rings. The number of aromatic nitrogens is 6. The van der Waals surface area contributed by atoms with E-state index >= 15 is 0 Å². The summed E-state index contributed by atoms with van der Waals surface area (Å²) in [5.41, 5.74) is 0. The maximum absolute atomic E-state index is 6.17. The van der Waals surface area contributed by atoms with Gasteiger partial charge in [-0.15, -0.1) is 10.2 Å². The zero-order valence-electron chi connectivity index (χ0n) is 11.2. The highest BCUT2D eigenvalue weighted by atomic mass is 35.5. The summed E-state index contributed by atoms with van der Waals surface area (Å²) in [5, 5.41) is 12.5. The van der Waals surface area contributed by atoms with Crippen LogP contribution < -0.4 is 4.90 Å². The lowest BCUT2D eigenvalue weighted by atomic mass is 10.2. The van der Waals surface area contributed by atoms with Crippen LogP contribution in [0, 0.1) is 6.92 Å². The van der Waals surface area contributed by atoms with Crippen molar-refractivity contribution in [2.75, 3.05) is 24.6 Å². The van der Waals surface area contributed by atoms with Crippen LogP contribution in [0.3, 0.4) is 0 Å². The third-order valence-electron chi connectivity index (χ3n) is 3.02. The van der Waals surface area contributed by atoms with E-state index in [9.17, 15) is 0 Å². The molecule has 0 aromatic carbocycles. The van der Waals surface area contributed by atoms with Gasteiger partial charge in [0.2, 0.25) is 5.82 Å². The molecule has 1 unspecified atom stereocenters. The highest BCUT2D eigenvalue weighted by molar-refractivity contribution is 6.32. The largest absolute Gasteiger partial charge is 0.366 e. The Morgan fingerprint density at radius 3 is 3.05 bits per heavy atom. The molecule has 3 rings (SSSR count). The summed E-state index contributed by atoms with van der Waals surface area (Å²) in [6.07, 6.45) is 1.38. The van der Waals surface area contributed by atoms with E-state index in [0.29, 0.717) is 36.4 Å². The van der Waals surface area contributed by atoms with Crippen molar-refractivity contribution in [1.82, 2.24) is 30.2 Å². The third kappa shape index (κ3) is 2.56. The Balaban J connectivity index is 1.83. The molecule has 3 heterocycles. The first-order valence-electron chi connectivity index (χ1n) is 6.23. The van der Waals surface area contributed by atoms with Crippen LogP contribution in [0.2, 0.25) is 5.02 Å². The first kappa shape index (κ1) is 13.2. The third-order valence-corrected chi connectivity index (χ3v) is 3.29. The molecule has 2 aromatic heterocycles. The number of hydrogen-bond acceptors (Lipinski definition) is 7. The predicted molar refractivity (Wildman–Crippen MR) is 71.5 cm³/mol. The van der Waals surface area contributed by atoms with Crippen LogP contribution in [0.4, 0.5) is 5.82 Å². The van der Waals surface area contributed by atoms with E-state index in [-0.39, 0.29) is 6.10 Å². The molecule has 0 spiro atoms. The number of morpholine rings is 1. The van der Waals surface area contributed by atoms with Crippen molar-refractivity contribution in [2.45, 2.75) is 13.0 Å². The normalized spacial score (nSPS) is 19.4. The van der Waals surface area contributed by atoms with Gasteiger partial charge in [-0.25, -0.2) is 9.97 Å². The molecule has 20 heavy (non-hydrogen) atoms. The van der Waals surface area contributed by atoms with Gasteiger partial charge in [-0.1, -0.05) is 11.6 Å². The lowest BCUT2D eigenvalue weighted by Gasteiger charge is -2.32. The molecule has 2 aromatic rings. The van der Waals surface area contributed by atoms with Crippen LogP contribution >= 0.6 is 11.6 Å². The van der Waals surface area contributed by atoms with Crippen molar-refractivity contribution in [2.24, 2.45) is 7.05 Å². The first-order chi connectivity index (χ1) is 9.63. The van der Waals surface area contributed by atoms with E-state index < -0.39 is 0 Å². The van der Waals surface area contributed by atoms with Crippen molar-refractivity contribution in [1.29, 1.82) is 0 Å². The van der Waals surface area contributed by atoms with Crippen LogP contribution in [0.25, 0.3) is 0 Å². The van der Waals surface area contributed by atoms with E-state index in [0.717, 1.165) is 5.82 Å². The highest BCUT2D eigenvalue weighted by Gasteiger charge is 2.27. The minimum atomic E-state index is -0.233. The van der Waals surface area contributed by atoms with E-state index in [1.165, 1.54) is 4.80 Å². The van der Waals surface area contributed by atoms with Crippen LogP contribution in [-0.4, -0.2) is 49.9 Å². The number of ether oxygens (including phenoxy) is 1. The Morgan fingerprint density at radius 1 is 1.45 bits per heavy atom. The number of nitrogens with zero attached hydrogens (tertiary/aromatic N) is 7. The fourth-order valence-electron chi connectivity index (χ4n) is 2.09. The number of halogens is 1. The van der Waals surface area contributed by atoms with E-state index in [1.807, 2.05) is 6.92 Å².